The van der Waals surface area contributed by atoms with Gasteiger partial charge in [0.25, 0.3) is 0 Å². The van der Waals surface area contributed by atoms with Gasteiger partial charge in [-0.05, 0) is 0 Å². The van der Waals surface area contributed by atoms with E-state index in [0.717, 1.165) is 5.56 Å². The lowest BCUT2D eigenvalue weighted by molar-refractivity contribution is -0.386. The van der Waals surface area contributed by atoms with E-state index < -0.39 is 15.8 Å². The van der Waals surface area contributed by atoms with E-state index in [2.05, 4.69) is 10.5 Å². The van der Waals surface area contributed by atoms with Gasteiger partial charge in [0, 0.05) is 5.56 Å². The zero-order valence-electron chi connectivity index (χ0n) is 7.73. The largest absolute Gasteiger partial charge is 0.572 e. The first kappa shape index (κ1) is 11.9. The van der Waals surface area contributed by atoms with Gasteiger partial charge in [0.1, 0.15) is 0 Å². The SMILES string of the molecule is [NH3+]Cc1ccc([N-]S(=O)(=O)C(F)F)cc1. The number of quaternary nitrogens is 1. The molecule has 0 fully saturated rings. The molecule has 4 nitrogen and oxygen atoms in total. The zero-order chi connectivity index (χ0) is 11.5. The molecule has 0 saturated carbocycles. The van der Waals surface area contributed by atoms with Crippen molar-refractivity contribution in [3.8, 4) is 0 Å². The van der Waals surface area contributed by atoms with Gasteiger partial charge in [-0.1, -0.05) is 24.3 Å². The van der Waals surface area contributed by atoms with Crippen LogP contribution in [0.15, 0.2) is 24.3 Å². The van der Waals surface area contributed by atoms with E-state index in [1.54, 1.807) is 12.1 Å². The maximum absolute atomic E-state index is 12.0. The number of halogens is 2. The van der Waals surface area contributed by atoms with Crippen LogP contribution >= 0.6 is 0 Å². The van der Waals surface area contributed by atoms with E-state index in [-0.39, 0.29) is 5.69 Å². The van der Waals surface area contributed by atoms with Gasteiger partial charge in [0.15, 0.2) is 10.0 Å². The molecule has 0 aliphatic heterocycles. The van der Waals surface area contributed by atoms with E-state index in [9.17, 15) is 17.2 Å². The fraction of sp³-hybridized carbons (Fsp3) is 0.250. The van der Waals surface area contributed by atoms with Crippen molar-refractivity contribution in [1.29, 1.82) is 0 Å². The van der Waals surface area contributed by atoms with Crippen molar-refractivity contribution in [3.05, 3.63) is 34.6 Å². The van der Waals surface area contributed by atoms with Gasteiger partial charge < -0.3 is 10.5 Å². The van der Waals surface area contributed by atoms with Gasteiger partial charge in [0.2, 0.25) is 0 Å². The quantitative estimate of drug-likeness (QED) is 0.846. The summed E-state index contributed by atoms with van der Waals surface area (Å²) >= 11 is 0. The molecule has 0 heterocycles. The van der Waals surface area contributed by atoms with Gasteiger partial charge in [-0.3, -0.25) is 0 Å². The standard InChI is InChI=1S/C8H9F2N2O2S/c9-8(10)15(13,14)12-7-3-1-6(5-11)2-4-7/h1-4,8H,5,11H2/q-1/p+1. The summed E-state index contributed by atoms with van der Waals surface area (Å²) in [5.74, 6) is -3.48. The maximum Gasteiger partial charge on any atom is 0.323 e. The topological polar surface area (TPSA) is 75.9 Å². The van der Waals surface area contributed by atoms with Crippen LogP contribution in [0, 0.1) is 0 Å². The number of alkyl halides is 2. The molecule has 1 rings (SSSR count). The molecule has 0 aromatic heterocycles. The molecule has 0 atom stereocenters. The number of hydrogen-bond acceptors (Lipinski definition) is 2. The highest BCUT2D eigenvalue weighted by Gasteiger charge is 2.14. The molecule has 84 valence electrons. The fourth-order valence-corrected chi connectivity index (χ4v) is 1.41. The van der Waals surface area contributed by atoms with Crippen molar-refractivity contribution in [3.63, 3.8) is 0 Å². The summed E-state index contributed by atoms with van der Waals surface area (Å²) in [4.78, 5) is 0. The minimum absolute atomic E-state index is 0.00694. The maximum atomic E-state index is 12.0. The van der Waals surface area contributed by atoms with E-state index in [0.29, 0.717) is 6.54 Å². The highest BCUT2D eigenvalue weighted by Crippen LogP contribution is 2.26. The van der Waals surface area contributed by atoms with Crippen LogP contribution in [-0.4, -0.2) is 14.2 Å². The zero-order valence-corrected chi connectivity index (χ0v) is 8.55. The van der Waals surface area contributed by atoms with Gasteiger partial charge >= 0.3 is 5.76 Å². The minimum Gasteiger partial charge on any atom is -0.572 e. The summed E-state index contributed by atoms with van der Waals surface area (Å²) in [6.07, 6.45) is 0. The Morgan fingerprint density at radius 3 is 2.20 bits per heavy atom. The molecule has 7 heteroatoms. The van der Waals surface area contributed by atoms with Crippen molar-refractivity contribution in [2.24, 2.45) is 0 Å². The summed E-state index contributed by atoms with van der Waals surface area (Å²) in [7, 11) is -4.69. The number of rotatable bonds is 4. The third-order valence-electron chi connectivity index (χ3n) is 1.68. The molecule has 1 aromatic carbocycles. The number of hydrogen-bond donors (Lipinski definition) is 1. The number of sulfonamides is 1. The van der Waals surface area contributed by atoms with Crippen LogP contribution in [0.3, 0.4) is 0 Å². The molecule has 0 amide bonds. The molecule has 0 saturated heterocycles. The smallest absolute Gasteiger partial charge is 0.323 e. The molecule has 1 aromatic rings. The fourth-order valence-electron chi connectivity index (χ4n) is 0.910. The first-order valence-corrected chi connectivity index (χ1v) is 5.59. The molecule has 15 heavy (non-hydrogen) atoms. The highest BCUT2D eigenvalue weighted by molar-refractivity contribution is 7.94. The van der Waals surface area contributed by atoms with Crippen molar-refractivity contribution in [2.75, 3.05) is 0 Å². The molecule has 0 unspecified atom stereocenters. The lowest BCUT2D eigenvalue weighted by atomic mass is 10.2. The average molecular weight is 236 g/mol. The second-order valence-corrected chi connectivity index (χ2v) is 4.35. The molecule has 0 spiro atoms. The summed E-state index contributed by atoms with van der Waals surface area (Å²) in [6, 6.07) is 5.90. The molecule has 0 aliphatic rings. The molecule has 0 aliphatic carbocycles. The Bertz CT molecular complexity index is 417. The third kappa shape index (κ3) is 3.14. The van der Waals surface area contributed by atoms with E-state index in [4.69, 9.17) is 0 Å². The third-order valence-corrected chi connectivity index (χ3v) is 2.60. The molecular weight excluding hydrogens is 226 g/mol. The molecular formula is C8H10F2N2O2S. The van der Waals surface area contributed by atoms with E-state index >= 15 is 0 Å². The van der Waals surface area contributed by atoms with E-state index in [1.807, 2.05) is 0 Å². The summed E-state index contributed by atoms with van der Waals surface area (Å²) < 4.78 is 48.3. The van der Waals surface area contributed by atoms with Crippen molar-refractivity contribution >= 4 is 15.7 Å². The average Bonchev–Trinajstić information content (AvgIpc) is 2.18. The first-order valence-electron chi connectivity index (χ1n) is 4.09. The summed E-state index contributed by atoms with van der Waals surface area (Å²) in [5, 5.41) is 0. The highest BCUT2D eigenvalue weighted by atomic mass is 32.2. The van der Waals surface area contributed by atoms with Gasteiger partial charge in [-0.15, -0.1) is 5.69 Å². The van der Waals surface area contributed by atoms with Crippen molar-refractivity contribution < 1.29 is 22.9 Å². The van der Waals surface area contributed by atoms with Gasteiger partial charge in [-0.25, -0.2) is 8.42 Å². The Balaban J connectivity index is 2.82. The van der Waals surface area contributed by atoms with Crippen molar-refractivity contribution in [1.82, 2.24) is 0 Å². The molecule has 0 bridgehead atoms. The number of nitrogens with zero attached hydrogens (tertiary/aromatic N) is 1. The van der Waals surface area contributed by atoms with Crippen LogP contribution in [0.25, 0.3) is 4.72 Å². The molecule has 3 N–H and O–H groups in total. The van der Waals surface area contributed by atoms with Crippen LogP contribution < -0.4 is 5.73 Å². The lowest BCUT2D eigenvalue weighted by Gasteiger charge is -2.20. The Kier molecular flexibility index (Phi) is 3.59. The van der Waals surface area contributed by atoms with E-state index in [1.165, 1.54) is 12.1 Å². The van der Waals surface area contributed by atoms with Crippen LogP contribution in [0.2, 0.25) is 0 Å². The van der Waals surface area contributed by atoms with Crippen LogP contribution in [0.4, 0.5) is 14.5 Å². The summed E-state index contributed by atoms with van der Waals surface area (Å²) in [6.45, 7) is 0.544. The summed E-state index contributed by atoms with van der Waals surface area (Å²) in [5.41, 5.74) is 4.49. The lowest BCUT2D eigenvalue weighted by Crippen LogP contribution is -2.47. The minimum atomic E-state index is -4.69. The first-order chi connectivity index (χ1) is 6.95. The van der Waals surface area contributed by atoms with Crippen molar-refractivity contribution in [2.45, 2.75) is 12.3 Å². The Morgan fingerprint density at radius 2 is 1.80 bits per heavy atom. The predicted molar refractivity (Wildman–Crippen MR) is 51.0 cm³/mol. The Morgan fingerprint density at radius 1 is 1.27 bits per heavy atom. The van der Waals surface area contributed by atoms with Gasteiger partial charge in [-0.2, -0.15) is 8.78 Å². The Hall–Kier alpha value is -1.21. The normalized spacial score (nSPS) is 11.7. The van der Waals surface area contributed by atoms with Gasteiger partial charge in [0.05, 0.1) is 6.54 Å². The predicted octanol–water partition coefficient (Wildman–Crippen LogP) is 0.986. The monoisotopic (exact) mass is 236 g/mol. The second kappa shape index (κ2) is 4.54. The molecule has 0 radical (unpaired) electrons. The van der Waals surface area contributed by atoms with Crippen LogP contribution in [0.1, 0.15) is 5.56 Å². The number of benzene rings is 1. The van der Waals surface area contributed by atoms with Crippen LogP contribution in [0.5, 0.6) is 0 Å². The Labute approximate surface area is 86.1 Å². The second-order valence-electron chi connectivity index (χ2n) is 2.78. The van der Waals surface area contributed by atoms with Crippen LogP contribution in [-0.2, 0) is 16.6 Å².